The van der Waals surface area contributed by atoms with Gasteiger partial charge in [0.05, 0.1) is 6.04 Å². The van der Waals surface area contributed by atoms with Crippen molar-refractivity contribution in [1.29, 1.82) is 0 Å². The molecule has 0 saturated heterocycles. The van der Waals surface area contributed by atoms with Crippen LogP contribution < -0.4 is 0 Å². The Labute approximate surface area is 137 Å². The molecule has 0 N–H and O–H groups in total. The second-order valence-electron chi connectivity index (χ2n) is 6.02. The lowest BCUT2D eigenvalue weighted by Crippen LogP contribution is -2.36. The van der Waals surface area contributed by atoms with Crippen molar-refractivity contribution >= 4 is 5.91 Å². The summed E-state index contributed by atoms with van der Waals surface area (Å²) in [6.45, 7) is 6.61. The summed E-state index contributed by atoms with van der Waals surface area (Å²) in [7, 11) is 0. The summed E-state index contributed by atoms with van der Waals surface area (Å²) in [6, 6.07) is 9.88. The smallest absolute Gasteiger partial charge is 0.223 e. The predicted octanol–water partition coefficient (Wildman–Crippen LogP) is 4.20. The van der Waals surface area contributed by atoms with Crippen LogP contribution in [0.4, 0.5) is 4.39 Å². The average molecular weight is 314 g/mol. The Balaban J connectivity index is 2.43. The lowest BCUT2D eigenvalue weighted by Gasteiger charge is -2.32. The normalized spacial score (nSPS) is 12.2. The van der Waals surface area contributed by atoms with Crippen LogP contribution in [0, 0.1) is 11.7 Å². The standard InChI is InChI=1S/C19H23FN2O/c1-4-22(18(23)12-14(2)3)19(16-6-5-11-21-13-16)15-7-9-17(20)10-8-15/h5-11,13-14,19H,4,12H2,1-3H3/t19-/m0/s1. The first-order valence-corrected chi connectivity index (χ1v) is 7.97. The molecule has 23 heavy (non-hydrogen) atoms. The Hall–Kier alpha value is -2.23. The molecule has 4 heteroatoms. The van der Waals surface area contributed by atoms with E-state index in [1.807, 2.05) is 37.8 Å². The Kier molecular flexibility index (Phi) is 5.85. The quantitative estimate of drug-likeness (QED) is 0.800. The van der Waals surface area contributed by atoms with Crippen molar-refractivity contribution < 1.29 is 9.18 Å². The summed E-state index contributed by atoms with van der Waals surface area (Å²) >= 11 is 0. The second kappa shape index (κ2) is 7.86. The van der Waals surface area contributed by atoms with E-state index >= 15 is 0 Å². The van der Waals surface area contributed by atoms with Gasteiger partial charge >= 0.3 is 0 Å². The van der Waals surface area contributed by atoms with Gasteiger partial charge in [0.1, 0.15) is 5.82 Å². The fourth-order valence-corrected chi connectivity index (χ4v) is 2.70. The summed E-state index contributed by atoms with van der Waals surface area (Å²) in [5.41, 5.74) is 1.82. The van der Waals surface area contributed by atoms with Crippen molar-refractivity contribution in [2.24, 2.45) is 5.92 Å². The highest BCUT2D eigenvalue weighted by Crippen LogP contribution is 2.29. The molecule has 0 unspecified atom stereocenters. The number of rotatable bonds is 6. The molecule has 0 spiro atoms. The first-order chi connectivity index (χ1) is 11.0. The molecule has 3 nitrogen and oxygen atoms in total. The van der Waals surface area contributed by atoms with Gasteiger partial charge in [0.15, 0.2) is 0 Å². The zero-order valence-electron chi connectivity index (χ0n) is 13.9. The molecule has 0 saturated carbocycles. The van der Waals surface area contributed by atoms with E-state index in [0.717, 1.165) is 11.1 Å². The van der Waals surface area contributed by atoms with Crippen LogP contribution in [-0.4, -0.2) is 22.3 Å². The molecule has 1 heterocycles. The highest BCUT2D eigenvalue weighted by atomic mass is 19.1. The van der Waals surface area contributed by atoms with E-state index < -0.39 is 0 Å². The lowest BCUT2D eigenvalue weighted by molar-refractivity contribution is -0.133. The number of carbonyl (C=O) groups excluding carboxylic acids is 1. The number of halogens is 1. The van der Waals surface area contributed by atoms with Crippen LogP contribution in [0.3, 0.4) is 0 Å². The molecule has 1 aromatic carbocycles. The molecule has 122 valence electrons. The van der Waals surface area contributed by atoms with Crippen LogP contribution >= 0.6 is 0 Å². The van der Waals surface area contributed by atoms with Crippen molar-refractivity contribution in [2.75, 3.05) is 6.54 Å². The number of benzene rings is 1. The number of amides is 1. The fraction of sp³-hybridized carbons (Fsp3) is 0.368. The van der Waals surface area contributed by atoms with Crippen molar-refractivity contribution in [2.45, 2.75) is 33.2 Å². The van der Waals surface area contributed by atoms with Crippen LogP contribution in [0.25, 0.3) is 0 Å². The maximum atomic E-state index is 13.3. The summed E-state index contributed by atoms with van der Waals surface area (Å²) < 4.78 is 13.3. The molecule has 0 aliphatic rings. The van der Waals surface area contributed by atoms with E-state index in [1.165, 1.54) is 12.1 Å². The highest BCUT2D eigenvalue weighted by molar-refractivity contribution is 5.77. The van der Waals surface area contributed by atoms with Crippen molar-refractivity contribution in [1.82, 2.24) is 9.88 Å². The zero-order chi connectivity index (χ0) is 16.8. The third-order valence-corrected chi connectivity index (χ3v) is 3.74. The van der Waals surface area contributed by atoms with Crippen LogP contribution in [0.15, 0.2) is 48.8 Å². The van der Waals surface area contributed by atoms with Gasteiger partial charge in [0, 0.05) is 25.4 Å². The van der Waals surface area contributed by atoms with Crippen molar-refractivity contribution in [3.05, 3.63) is 65.7 Å². The Morgan fingerprint density at radius 2 is 1.87 bits per heavy atom. The maximum absolute atomic E-state index is 13.3. The number of pyridine rings is 1. The molecule has 0 aliphatic heterocycles. The number of hydrogen-bond acceptors (Lipinski definition) is 2. The molecule has 2 aromatic rings. The van der Waals surface area contributed by atoms with Gasteiger partial charge in [-0.2, -0.15) is 0 Å². The Morgan fingerprint density at radius 1 is 1.17 bits per heavy atom. The maximum Gasteiger partial charge on any atom is 0.223 e. The second-order valence-corrected chi connectivity index (χ2v) is 6.02. The number of carbonyl (C=O) groups is 1. The lowest BCUT2D eigenvalue weighted by atomic mass is 9.97. The Morgan fingerprint density at radius 3 is 2.39 bits per heavy atom. The van der Waals surface area contributed by atoms with Gasteiger partial charge in [0.2, 0.25) is 5.91 Å². The molecule has 0 fully saturated rings. The van der Waals surface area contributed by atoms with E-state index in [1.54, 1.807) is 24.5 Å². The van der Waals surface area contributed by atoms with E-state index in [4.69, 9.17) is 0 Å². The molecule has 0 bridgehead atoms. The molecule has 1 amide bonds. The number of hydrogen-bond donors (Lipinski definition) is 0. The van der Waals surface area contributed by atoms with Crippen LogP contribution in [0.5, 0.6) is 0 Å². The van der Waals surface area contributed by atoms with Gasteiger partial charge in [-0.1, -0.05) is 32.0 Å². The van der Waals surface area contributed by atoms with E-state index in [-0.39, 0.29) is 17.8 Å². The SMILES string of the molecule is CCN(C(=O)CC(C)C)[C@@H](c1ccc(F)cc1)c1cccnc1. The summed E-state index contributed by atoms with van der Waals surface area (Å²) in [5, 5.41) is 0. The monoisotopic (exact) mass is 314 g/mol. The minimum absolute atomic E-state index is 0.0979. The molecular weight excluding hydrogens is 291 g/mol. The number of aromatic nitrogens is 1. The minimum atomic E-state index is -0.282. The third-order valence-electron chi connectivity index (χ3n) is 3.74. The van der Waals surface area contributed by atoms with Gasteiger partial charge in [-0.15, -0.1) is 0 Å². The molecule has 0 aliphatic carbocycles. The minimum Gasteiger partial charge on any atom is -0.332 e. The van der Waals surface area contributed by atoms with Gasteiger partial charge in [-0.25, -0.2) is 4.39 Å². The topological polar surface area (TPSA) is 33.2 Å². The average Bonchev–Trinajstić information content (AvgIpc) is 2.53. The van der Waals surface area contributed by atoms with Crippen LogP contribution in [0.2, 0.25) is 0 Å². The van der Waals surface area contributed by atoms with Crippen molar-refractivity contribution in [3.8, 4) is 0 Å². The van der Waals surface area contributed by atoms with Gasteiger partial charge in [0.25, 0.3) is 0 Å². The first kappa shape index (κ1) is 17.1. The summed E-state index contributed by atoms with van der Waals surface area (Å²) in [5.74, 6) is 0.107. The fourth-order valence-electron chi connectivity index (χ4n) is 2.70. The molecule has 2 rings (SSSR count). The van der Waals surface area contributed by atoms with E-state index in [9.17, 15) is 9.18 Å². The van der Waals surface area contributed by atoms with Gasteiger partial charge in [-0.05, 0) is 42.2 Å². The van der Waals surface area contributed by atoms with Gasteiger partial charge < -0.3 is 4.90 Å². The van der Waals surface area contributed by atoms with E-state index in [0.29, 0.717) is 18.9 Å². The van der Waals surface area contributed by atoms with Crippen molar-refractivity contribution in [3.63, 3.8) is 0 Å². The molecular formula is C19H23FN2O. The highest BCUT2D eigenvalue weighted by Gasteiger charge is 2.26. The van der Waals surface area contributed by atoms with E-state index in [2.05, 4.69) is 4.98 Å². The van der Waals surface area contributed by atoms with Gasteiger partial charge in [-0.3, -0.25) is 9.78 Å². The zero-order valence-corrected chi connectivity index (χ0v) is 13.9. The summed E-state index contributed by atoms with van der Waals surface area (Å²) in [4.78, 5) is 18.7. The number of nitrogens with zero attached hydrogens (tertiary/aromatic N) is 2. The largest absolute Gasteiger partial charge is 0.332 e. The Bertz CT molecular complexity index is 626. The van der Waals surface area contributed by atoms with Crippen LogP contribution in [0.1, 0.15) is 44.4 Å². The predicted molar refractivity (Wildman–Crippen MR) is 89.3 cm³/mol. The van der Waals surface area contributed by atoms with Crippen LogP contribution in [-0.2, 0) is 4.79 Å². The summed E-state index contributed by atoms with van der Waals surface area (Å²) in [6.07, 6.45) is 3.96. The third kappa shape index (κ3) is 4.38. The molecule has 1 aromatic heterocycles. The first-order valence-electron chi connectivity index (χ1n) is 7.97. The molecule has 1 atom stereocenters. The molecule has 0 radical (unpaired) electrons.